The molecule has 0 N–H and O–H groups in total. The fourth-order valence-corrected chi connectivity index (χ4v) is 2.86. The molecule has 0 atom stereocenters. The number of carbonyl (C=O) groups is 1. The molecule has 3 aromatic rings. The van der Waals surface area contributed by atoms with Crippen molar-refractivity contribution in [2.75, 3.05) is 0 Å². The summed E-state index contributed by atoms with van der Waals surface area (Å²) in [6, 6.07) is 8.57. The first-order valence-corrected chi connectivity index (χ1v) is 7.85. The molecule has 0 aliphatic rings. The van der Waals surface area contributed by atoms with Gasteiger partial charge in [0.2, 0.25) is 0 Å². The van der Waals surface area contributed by atoms with Gasteiger partial charge in [-0.1, -0.05) is 0 Å². The van der Waals surface area contributed by atoms with Gasteiger partial charge in [-0.15, -0.1) is 0 Å². The maximum atomic E-state index is 13.4. The third-order valence-corrected chi connectivity index (χ3v) is 4.07. The minimum absolute atomic E-state index is 0.102. The van der Waals surface area contributed by atoms with Crippen LogP contribution in [0, 0.1) is 11.6 Å². The number of hydrogen-bond acceptors (Lipinski definition) is 3. The van der Waals surface area contributed by atoms with Crippen LogP contribution in [0.2, 0.25) is 0 Å². The quantitative estimate of drug-likeness (QED) is 0.690. The lowest BCUT2D eigenvalue weighted by Gasteiger charge is -2.21. The Labute approximate surface area is 135 Å². The SMILES string of the molecule is O=C(c1ccc(F)c(F)c1)N(Cc1ccsc1)Cc1ccco1. The van der Waals surface area contributed by atoms with Gasteiger partial charge in [-0.05, 0) is 52.7 Å². The topological polar surface area (TPSA) is 33.5 Å². The highest BCUT2D eigenvalue weighted by Crippen LogP contribution is 2.17. The summed E-state index contributed by atoms with van der Waals surface area (Å²) in [5.74, 6) is -1.77. The molecule has 1 amide bonds. The lowest BCUT2D eigenvalue weighted by Crippen LogP contribution is -2.30. The number of furan rings is 1. The van der Waals surface area contributed by atoms with Gasteiger partial charge in [0, 0.05) is 12.1 Å². The van der Waals surface area contributed by atoms with Crippen LogP contribution in [-0.4, -0.2) is 10.8 Å². The standard InChI is InChI=1S/C17H13F2NO2S/c18-15-4-3-13(8-16(15)19)17(21)20(9-12-5-7-23-11-12)10-14-2-1-6-22-14/h1-8,11H,9-10H2. The fraction of sp³-hybridized carbons (Fsp3) is 0.118. The predicted octanol–water partition coefficient (Wildman–Crippen LogP) is 4.46. The largest absolute Gasteiger partial charge is 0.467 e. The average molecular weight is 333 g/mol. The van der Waals surface area contributed by atoms with E-state index >= 15 is 0 Å². The van der Waals surface area contributed by atoms with E-state index in [1.807, 2.05) is 16.8 Å². The predicted molar refractivity (Wildman–Crippen MR) is 83.0 cm³/mol. The maximum Gasteiger partial charge on any atom is 0.254 e. The fourth-order valence-electron chi connectivity index (χ4n) is 2.20. The molecule has 0 saturated heterocycles. The second-order valence-corrected chi connectivity index (χ2v) is 5.78. The Morgan fingerprint density at radius 3 is 2.65 bits per heavy atom. The van der Waals surface area contributed by atoms with E-state index in [1.54, 1.807) is 12.1 Å². The summed E-state index contributed by atoms with van der Waals surface area (Å²) < 4.78 is 31.7. The second-order valence-electron chi connectivity index (χ2n) is 5.00. The summed E-state index contributed by atoms with van der Waals surface area (Å²) in [5.41, 5.74) is 1.07. The molecular formula is C17H13F2NO2S. The van der Waals surface area contributed by atoms with Crippen molar-refractivity contribution in [3.63, 3.8) is 0 Å². The molecule has 2 heterocycles. The summed E-state index contributed by atoms with van der Waals surface area (Å²) in [7, 11) is 0. The van der Waals surface area contributed by atoms with Gasteiger partial charge in [0.15, 0.2) is 11.6 Å². The monoisotopic (exact) mass is 333 g/mol. The van der Waals surface area contributed by atoms with Gasteiger partial charge in [-0.25, -0.2) is 8.78 Å². The number of carbonyl (C=O) groups excluding carboxylic acids is 1. The minimum Gasteiger partial charge on any atom is -0.467 e. The number of amides is 1. The van der Waals surface area contributed by atoms with Crippen LogP contribution < -0.4 is 0 Å². The first kappa shape index (κ1) is 15.4. The van der Waals surface area contributed by atoms with Crippen molar-refractivity contribution in [1.82, 2.24) is 4.90 Å². The Bertz CT molecular complexity index is 749. The van der Waals surface area contributed by atoms with E-state index < -0.39 is 11.6 Å². The van der Waals surface area contributed by atoms with Gasteiger partial charge in [0.1, 0.15) is 5.76 Å². The number of nitrogens with zero attached hydrogens (tertiary/aromatic N) is 1. The third-order valence-electron chi connectivity index (χ3n) is 3.33. The molecule has 2 aromatic heterocycles. The summed E-state index contributed by atoms with van der Waals surface area (Å²) >= 11 is 1.53. The highest BCUT2D eigenvalue weighted by molar-refractivity contribution is 7.07. The number of hydrogen-bond donors (Lipinski definition) is 0. The van der Waals surface area contributed by atoms with E-state index in [9.17, 15) is 13.6 Å². The summed E-state index contributed by atoms with van der Waals surface area (Å²) in [6.45, 7) is 0.614. The normalized spacial score (nSPS) is 10.7. The summed E-state index contributed by atoms with van der Waals surface area (Å²) in [5, 5.41) is 3.86. The van der Waals surface area contributed by atoms with Crippen LogP contribution in [0.1, 0.15) is 21.7 Å². The molecule has 0 radical (unpaired) electrons. The molecule has 0 fully saturated rings. The van der Waals surface area contributed by atoms with E-state index in [2.05, 4.69) is 0 Å². The van der Waals surface area contributed by atoms with E-state index in [4.69, 9.17) is 4.42 Å². The number of rotatable bonds is 5. The lowest BCUT2D eigenvalue weighted by atomic mass is 10.1. The molecule has 3 nitrogen and oxygen atoms in total. The Kier molecular flexibility index (Phi) is 4.52. The molecule has 118 valence electrons. The van der Waals surface area contributed by atoms with E-state index in [1.165, 1.54) is 28.6 Å². The van der Waals surface area contributed by atoms with Gasteiger partial charge in [-0.2, -0.15) is 11.3 Å². The highest BCUT2D eigenvalue weighted by atomic mass is 32.1. The molecule has 0 unspecified atom stereocenters. The second kappa shape index (κ2) is 6.75. The van der Waals surface area contributed by atoms with Crippen molar-refractivity contribution >= 4 is 17.2 Å². The summed E-state index contributed by atoms with van der Waals surface area (Å²) in [6.07, 6.45) is 1.53. The van der Waals surface area contributed by atoms with Crippen molar-refractivity contribution in [2.45, 2.75) is 13.1 Å². The highest BCUT2D eigenvalue weighted by Gasteiger charge is 2.19. The Balaban J connectivity index is 1.86. The molecule has 0 spiro atoms. The Morgan fingerprint density at radius 2 is 2.00 bits per heavy atom. The number of thiophene rings is 1. The Morgan fingerprint density at radius 1 is 1.13 bits per heavy atom. The van der Waals surface area contributed by atoms with Crippen molar-refractivity contribution in [1.29, 1.82) is 0 Å². The van der Waals surface area contributed by atoms with Crippen LogP contribution in [0.4, 0.5) is 8.78 Å². The van der Waals surface area contributed by atoms with Crippen molar-refractivity contribution in [2.24, 2.45) is 0 Å². The van der Waals surface area contributed by atoms with E-state index in [0.717, 1.165) is 17.7 Å². The van der Waals surface area contributed by atoms with Crippen LogP contribution in [0.5, 0.6) is 0 Å². The smallest absolute Gasteiger partial charge is 0.254 e. The van der Waals surface area contributed by atoms with Crippen molar-refractivity contribution in [3.05, 3.63) is 81.9 Å². The Hall–Kier alpha value is -2.47. The number of benzene rings is 1. The maximum absolute atomic E-state index is 13.4. The molecule has 0 bridgehead atoms. The van der Waals surface area contributed by atoms with Crippen LogP contribution in [-0.2, 0) is 13.1 Å². The van der Waals surface area contributed by atoms with Crippen LogP contribution >= 0.6 is 11.3 Å². The molecule has 1 aromatic carbocycles. The third kappa shape index (κ3) is 3.65. The minimum atomic E-state index is -1.04. The molecule has 6 heteroatoms. The molecule has 0 aliphatic heterocycles. The number of halogens is 2. The average Bonchev–Trinajstić information content (AvgIpc) is 3.22. The van der Waals surface area contributed by atoms with Gasteiger partial charge < -0.3 is 9.32 Å². The summed E-state index contributed by atoms with van der Waals surface area (Å²) in [4.78, 5) is 14.2. The molecule has 3 rings (SSSR count). The van der Waals surface area contributed by atoms with Gasteiger partial charge in [-0.3, -0.25) is 4.79 Å². The molecule has 0 saturated carbocycles. The van der Waals surface area contributed by atoms with Crippen LogP contribution in [0.15, 0.2) is 57.8 Å². The van der Waals surface area contributed by atoms with Gasteiger partial charge >= 0.3 is 0 Å². The zero-order chi connectivity index (χ0) is 16.2. The van der Waals surface area contributed by atoms with E-state index in [-0.39, 0.29) is 18.0 Å². The zero-order valence-corrected chi connectivity index (χ0v) is 12.9. The van der Waals surface area contributed by atoms with Crippen molar-refractivity contribution < 1.29 is 18.0 Å². The van der Waals surface area contributed by atoms with Gasteiger partial charge in [0.25, 0.3) is 5.91 Å². The molecule has 23 heavy (non-hydrogen) atoms. The molecular weight excluding hydrogens is 320 g/mol. The van der Waals surface area contributed by atoms with Crippen molar-refractivity contribution in [3.8, 4) is 0 Å². The first-order valence-electron chi connectivity index (χ1n) is 6.91. The lowest BCUT2D eigenvalue weighted by molar-refractivity contribution is 0.0717. The van der Waals surface area contributed by atoms with Crippen LogP contribution in [0.25, 0.3) is 0 Å². The first-order chi connectivity index (χ1) is 11.1. The zero-order valence-electron chi connectivity index (χ0n) is 12.0. The van der Waals surface area contributed by atoms with Gasteiger partial charge in [0.05, 0.1) is 12.8 Å². The molecule has 0 aliphatic carbocycles. The van der Waals surface area contributed by atoms with E-state index in [0.29, 0.717) is 12.3 Å². The van der Waals surface area contributed by atoms with Crippen LogP contribution in [0.3, 0.4) is 0 Å².